The van der Waals surface area contributed by atoms with Crippen LogP contribution in [0.15, 0.2) is 15.4 Å². The second kappa shape index (κ2) is 5.50. The van der Waals surface area contributed by atoms with Crippen LogP contribution < -0.4 is 4.72 Å². The van der Waals surface area contributed by atoms with Crippen molar-refractivity contribution in [2.24, 2.45) is 5.41 Å². The maximum absolute atomic E-state index is 12.4. The van der Waals surface area contributed by atoms with Gasteiger partial charge in [0.1, 0.15) is 23.0 Å². The topological polar surface area (TPSA) is 79.5 Å². The quantitative estimate of drug-likeness (QED) is 0.894. The number of aryl methyl sites for hydroxylation is 1. The summed E-state index contributed by atoms with van der Waals surface area (Å²) in [6.07, 6.45) is 3.87. The maximum Gasteiger partial charge on any atom is 0.244 e. The molecule has 2 N–H and O–H groups in total. The average Bonchev–Trinajstić information content (AvgIpc) is 2.69. The Kier molecular flexibility index (Phi) is 4.27. The van der Waals surface area contributed by atoms with E-state index in [-0.39, 0.29) is 28.7 Å². The van der Waals surface area contributed by atoms with Crippen LogP contribution >= 0.6 is 0 Å². The van der Waals surface area contributed by atoms with Crippen LogP contribution in [0, 0.1) is 12.3 Å². The molecule has 1 aromatic heterocycles. The highest BCUT2D eigenvalue weighted by Gasteiger charge is 2.32. The van der Waals surface area contributed by atoms with Crippen LogP contribution in [0.4, 0.5) is 0 Å². The molecule has 0 amide bonds. The normalized spacial score (nSPS) is 22.9. The molecule has 6 heteroatoms. The molecular weight excluding hydrogens is 278 g/mol. The van der Waals surface area contributed by atoms with Crippen molar-refractivity contribution in [2.75, 3.05) is 0 Å². The molecule has 0 saturated heterocycles. The molecule has 5 nitrogen and oxygen atoms in total. The monoisotopic (exact) mass is 301 g/mol. The Morgan fingerprint density at radius 3 is 2.75 bits per heavy atom. The predicted molar refractivity (Wildman–Crippen MR) is 75.7 cm³/mol. The first-order valence-corrected chi connectivity index (χ1v) is 8.44. The number of aliphatic hydroxyl groups excluding tert-OH is 1. The Labute approximate surface area is 120 Å². The van der Waals surface area contributed by atoms with Gasteiger partial charge in [0.05, 0.1) is 0 Å². The first-order chi connectivity index (χ1) is 9.23. The molecule has 1 heterocycles. The van der Waals surface area contributed by atoms with E-state index in [0.29, 0.717) is 5.76 Å². The smallest absolute Gasteiger partial charge is 0.244 e. The van der Waals surface area contributed by atoms with Crippen LogP contribution in [0.3, 0.4) is 0 Å². The third-order valence-electron chi connectivity index (χ3n) is 3.90. The summed E-state index contributed by atoms with van der Waals surface area (Å²) in [5, 5.41) is 9.02. The van der Waals surface area contributed by atoms with E-state index in [9.17, 15) is 8.42 Å². The van der Waals surface area contributed by atoms with Crippen LogP contribution in [0.5, 0.6) is 0 Å². The third kappa shape index (κ3) is 3.42. The van der Waals surface area contributed by atoms with Crippen LogP contribution in [0.1, 0.15) is 51.1 Å². The van der Waals surface area contributed by atoms with Gasteiger partial charge in [-0.15, -0.1) is 0 Å². The molecule has 2 rings (SSSR count). The fourth-order valence-electron chi connectivity index (χ4n) is 2.95. The lowest BCUT2D eigenvalue weighted by Gasteiger charge is -2.35. The minimum Gasteiger partial charge on any atom is -0.462 e. The molecule has 1 fully saturated rings. The third-order valence-corrected chi connectivity index (χ3v) is 5.52. The van der Waals surface area contributed by atoms with Gasteiger partial charge in [-0.2, -0.15) is 0 Å². The van der Waals surface area contributed by atoms with Crippen LogP contribution in [0.25, 0.3) is 0 Å². The fraction of sp³-hybridized carbons (Fsp3) is 0.714. The summed E-state index contributed by atoms with van der Waals surface area (Å²) < 4.78 is 32.8. The number of sulfonamides is 1. The lowest BCUT2D eigenvalue weighted by atomic mass is 9.75. The Morgan fingerprint density at radius 1 is 1.50 bits per heavy atom. The van der Waals surface area contributed by atoms with Gasteiger partial charge in [0.25, 0.3) is 0 Å². The highest BCUT2D eigenvalue weighted by atomic mass is 32.2. The molecule has 0 spiro atoms. The Hall–Kier alpha value is -0.850. The van der Waals surface area contributed by atoms with Crippen molar-refractivity contribution >= 4 is 10.0 Å². The predicted octanol–water partition coefficient (Wildman–Crippen LogP) is 2.33. The van der Waals surface area contributed by atoms with Gasteiger partial charge in [0.15, 0.2) is 0 Å². The lowest BCUT2D eigenvalue weighted by molar-refractivity contribution is 0.212. The van der Waals surface area contributed by atoms with Crippen LogP contribution in [0.2, 0.25) is 0 Å². The van der Waals surface area contributed by atoms with Crippen LogP contribution in [-0.2, 0) is 16.6 Å². The fourth-order valence-corrected chi connectivity index (χ4v) is 4.42. The van der Waals surface area contributed by atoms with Gasteiger partial charge < -0.3 is 9.52 Å². The second-order valence-electron chi connectivity index (χ2n) is 6.37. The maximum atomic E-state index is 12.4. The number of hydrogen-bond donors (Lipinski definition) is 2. The molecule has 1 atom stereocenters. The standard InChI is InChI=1S/C14H23NO4S/c1-10-13(7-12(9-16)19-10)20(17,18)15-11-5-4-6-14(2,3)8-11/h7,11,15-16H,4-6,8-9H2,1-3H3. The van der Waals surface area contributed by atoms with Gasteiger partial charge in [-0.3, -0.25) is 0 Å². The minimum atomic E-state index is -3.58. The zero-order valence-electron chi connectivity index (χ0n) is 12.3. The molecule has 0 aliphatic heterocycles. The van der Waals surface area contributed by atoms with Crippen molar-refractivity contribution in [3.63, 3.8) is 0 Å². The minimum absolute atomic E-state index is 0.0318. The van der Waals surface area contributed by atoms with Gasteiger partial charge in [0, 0.05) is 12.1 Å². The summed E-state index contributed by atoms with van der Waals surface area (Å²) in [6.45, 7) is 5.63. The van der Waals surface area contributed by atoms with Crippen molar-refractivity contribution in [3.8, 4) is 0 Å². The van der Waals surface area contributed by atoms with Gasteiger partial charge in [-0.1, -0.05) is 20.3 Å². The van der Waals surface area contributed by atoms with E-state index in [1.54, 1.807) is 6.92 Å². The Bertz CT molecular complexity index is 574. The molecule has 1 aromatic rings. The first-order valence-electron chi connectivity index (χ1n) is 6.96. The summed E-state index contributed by atoms with van der Waals surface area (Å²) in [4.78, 5) is 0.130. The van der Waals surface area contributed by atoms with E-state index in [0.717, 1.165) is 25.7 Å². The zero-order chi connectivity index (χ0) is 15.0. The molecule has 1 saturated carbocycles. The highest BCUT2D eigenvalue weighted by molar-refractivity contribution is 7.89. The summed E-state index contributed by atoms with van der Waals surface area (Å²) in [5.41, 5.74) is 0.174. The van der Waals surface area contributed by atoms with Crippen molar-refractivity contribution in [2.45, 2.75) is 64.0 Å². The summed E-state index contributed by atoms with van der Waals surface area (Å²) >= 11 is 0. The van der Waals surface area contributed by atoms with Crippen molar-refractivity contribution in [1.29, 1.82) is 0 Å². The SMILES string of the molecule is Cc1oc(CO)cc1S(=O)(=O)NC1CCCC(C)(C)C1. The summed E-state index contributed by atoms with van der Waals surface area (Å²) in [5.74, 6) is 0.587. The molecule has 0 radical (unpaired) electrons. The van der Waals surface area contributed by atoms with Crippen LogP contribution in [-0.4, -0.2) is 19.6 Å². The van der Waals surface area contributed by atoms with E-state index in [1.807, 2.05) is 0 Å². The number of nitrogens with one attached hydrogen (secondary N) is 1. The average molecular weight is 301 g/mol. The van der Waals surface area contributed by atoms with E-state index in [2.05, 4.69) is 18.6 Å². The largest absolute Gasteiger partial charge is 0.462 e. The van der Waals surface area contributed by atoms with Gasteiger partial charge in [0.2, 0.25) is 10.0 Å². The van der Waals surface area contributed by atoms with E-state index >= 15 is 0 Å². The number of rotatable bonds is 4. The molecule has 0 aromatic carbocycles. The number of hydrogen-bond acceptors (Lipinski definition) is 4. The van der Waals surface area contributed by atoms with Gasteiger partial charge in [-0.25, -0.2) is 13.1 Å². The number of furan rings is 1. The molecule has 1 aliphatic rings. The molecule has 114 valence electrons. The van der Waals surface area contributed by atoms with E-state index in [4.69, 9.17) is 9.52 Å². The van der Waals surface area contributed by atoms with E-state index in [1.165, 1.54) is 6.07 Å². The van der Waals surface area contributed by atoms with Crippen molar-refractivity contribution < 1.29 is 17.9 Å². The molecule has 1 unspecified atom stereocenters. The van der Waals surface area contributed by atoms with E-state index < -0.39 is 10.0 Å². The molecule has 1 aliphatic carbocycles. The first kappa shape index (κ1) is 15.5. The lowest BCUT2D eigenvalue weighted by Crippen LogP contribution is -2.40. The molecular formula is C14H23NO4S. The summed E-state index contributed by atoms with van der Waals surface area (Å²) in [6, 6.07) is 1.36. The van der Waals surface area contributed by atoms with Crippen molar-refractivity contribution in [3.05, 3.63) is 17.6 Å². The Morgan fingerprint density at radius 2 is 2.20 bits per heavy atom. The summed E-state index contributed by atoms with van der Waals surface area (Å²) in [7, 11) is -3.58. The molecule has 0 bridgehead atoms. The molecule has 20 heavy (non-hydrogen) atoms. The van der Waals surface area contributed by atoms with Gasteiger partial charge in [-0.05, 0) is 31.6 Å². The number of aliphatic hydroxyl groups is 1. The highest BCUT2D eigenvalue weighted by Crippen LogP contribution is 2.35. The van der Waals surface area contributed by atoms with Gasteiger partial charge >= 0.3 is 0 Å². The Balaban J connectivity index is 2.16. The zero-order valence-corrected chi connectivity index (χ0v) is 13.1. The second-order valence-corrected chi connectivity index (χ2v) is 8.05. The van der Waals surface area contributed by atoms with Crippen molar-refractivity contribution in [1.82, 2.24) is 4.72 Å².